The molecule has 0 aliphatic heterocycles. The molecular weight excluding hydrogens is 244 g/mol. The number of thiazole rings is 1. The highest BCUT2D eigenvalue weighted by atomic mass is 32.1. The number of aromatic nitrogens is 1. The van der Waals surface area contributed by atoms with Crippen LogP contribution in [0.2, 0.25) is 0 Å². The molecule has 0 aliphatic rings. The Morgan fingerprint density at radius 1 is 1.39 bits per heavy atom. The number of nitriles is 1. The Kier molecular flexibility index (Phi) is 3.96. The molecule has 0 N–H and O–H groups in total. The molecule has 0 unspecified atom stereocenters. The Morgan fingerprint density at radius 2 is 2.17 bits per heavy atom. The van der Waals surface area contributed by atoms with Gasteiger partial charge >= 0.3 is 0 Å². The van der Waals surface area contributed by atoms with Crippen molar-refractivity contribution in [2.45, 2.75) is 19.8 Å². The van der Waals surface area contributed by atoms with Gasteiger partial charge in [0.1, 0.15) is 5.75 Å². The molecule has 1 heterocycles. The lowest BCUT2D eigenvalue weighted by molar-refractivity contribution is 0.410. The second-order valence-corrected chi connectivity index (χ2v) is 5.11. The summed E-state index contributed by atoms with van der Waals surface area (Å²) in [7, 11) is 1.67. The third kappa shape index (κ3) is 2.69. The molecular formula is C14H14N2OS. The summed E-state index contributed by atoms with van der Waals surface area (Å²) in [4.78, 5) is 5.57. The summed E-state index contributed by atoms with van der Waals surface area (Å²) in [6.07, 6.45) is 1.19. The summed E-state index contributed by atoms with van der Waals surface area (Å²) in [6.45, 7) is 1.95. The van der Waals surface area contributed by atoms with E-state index >= 15 is 0 Å². The number of nitrogens with zero attached hydrogens (tertiary/aromatic N) is 2. The van der Waals surface area contributed by atoms with Gasteiger partial charge in [0.2, 0.25) is 0 Å². The minimum absolute atomic E-state index is 0.440. The molecule has 18 heavy (non-hydrogen) atoms. The van der Waals surface area contributed by atoms with Gasteiger partial charge in [-0.2, -0.15) is 5.26 Å². The van der Waals surface area contributed by atoms with Crippen molar-refractivity contribution < 1.29 is 4.74 Å². The molecule has 2 rings (SSSR count). The zero-order valence-corrected chi connectivity index (χ0v) is 11.3. The van der Waals surface area contributed by atoms with Crippen molar-refractivity contribution in [1.29, 1.82) is 5.26 Å². The summed E-state index contributed by atoms with van der Waals surface area (Å²) in [5.41, 5.74) is 2.09. The molecule has 92 valence electrons. The van der Waals surface area contributed by atoms with Gasteiger partial charge in [0.25, 0.3) is 0 Å². The Morgan fingerprint density at radius 3 is 2.89 bits per heavy atom. The van der Waals surface area contributed by atoms with Crippen LogP contribution in [-0.2, 0) is 12.8 Å². The fraction of sp³-hybridized carbons (Fsp3) is 0.286. The standard InChI is InChI=1S/C14H14N2OS/c1-10-13(7-8-15)18-14(16-10)9-11-5-3-4-6-12(11)17-2/h3-6H,7,9H2,1-2H3. The van der Waals surface area contributed by atoms with Crippen LogP contribution in [0, 0.1) is 18.3 Å². The van der Waals surface area contributed by atoms with Gasteiger partial charge < -0.3 is 4.74 Å². The highest BCUT2D eigenvalue weighted by molar-refractivity contribution is 7.11. The van der Waals surface area contributed by atoms with Crippen molar-refractivity contribution in [3.8, 4) is 11.8 Å². The van der Waals surface area contributed by atoms with E-state index in [9.17, 15) is 0 Å². The molecule has 0 radical (unpaired) electrons. The van der Waals surface area contributed by atoms with Crippen LogP contribution in [0.5, 0.6) is 5.75 Å². The monoisotopic (exact) mass is 258 g/mol. The van der Waals surface area contributed by atoms with E-state index in [4.69, 9.17) is 10.00 Å². The Bertz CT molecular complexity index is 584. The lowest BCUT2D eigenvalue weighted by Gasteiger charge is -2.05. The van der Waals surface area contributed by atoms with Crippen LogP contribution in [0.4, 0.5) is 0 Å². The van der Waals surface area contributed by atoms with Crippen LogP contribution in [0.3, 0.4) is 0 Å². The molecule has 0 amide bonds. The van der Waals surface area contributed by atoms with E-state index in [-0.39, 0.29) is 0 Å². The van der Waals surface area contributed by atoms with Crippen LogP contribution < -0.4 is 4.74 Å². The predicted octanol–water partition coefficient (Wildman–Crippen LogP) is 3.12. The van der Waals surface area contributed by atoms with Crippen LogP contribution >= 0.6 is 11.3 Å². The van der Waals surface area contributed by atoms with Crippen molar-refractivity contribution >= 4 is 11.3 Å². The first-order valence-electron chi connectivity index (χ1n) is 5.68. The molecule has 1 aromatic heterocycles. The molecule has 0 fully saturated rings. The second kappa shape index (κ2) is 5.65. The van der Waals surface area contributed by atoms with Crippen molar-refractivity contribution in [1.82, 2.24) is 4.98 Å². The SMILES string of the molecule is COc1ccccc1Cc1nc(C)c(CC#N)s1. The van der Waals surface area contributed by atoms with Crippen molar-refractivity contribution in [3.05, 3.63) is 45.4 Å². The first-order chi connectivity index (χ1) is 8.74. The predicted molar refractivity (Wildman–Crippen MR) is 72.0 cm³/mol. The van der Waals surface area contributed by atoms with E-state index < -0.39 is 0 Å². The number of ether oxygens (including phenoxy) is 1. The van der Waals surface area contributed by atoms with E-state index in [0.717, 1.165) is 33.3 Å². The van der Waals surface area contributed by atoms with E-state index in [1.165, 1.54) is 0 Å². The molecule has 0 spiro atoms. The minimum Gasteiger partial charge on any atom is -0.496 e. The zero-order chi connectivity index (χ0) is 13.0. The molecule has 0 aliphatic carbocycles. The largest absolute Gasteiger partial charge is 0.496 e. The van der Waals surface area contributed by atoms with Gasteiger partial charge in [-0.05, 0) is 13.0 Å². The highest BCUT2D eigenvalue weighted by Crippen LogP contribution is 2.25. The van der Waals surface area contributed by atoms with Crippen molar-refractivity contribution in [2.24, 2.45) is 0 Å². The molecule has 1 aromatic carbocycles. The second-order valence-electron chi connectivity index (χ2n) is 3.94. The molecule has 0 saturated carbocycles. The lowest BCUT2D eigenvalue weighted by atomic mass is 10.1. The minimum atomic E-state index is 0.440. The van der Waals surface area contributed by atoms with Gasteiger partial charge in [0.15, 0.2) is 0 Å². The van der Waals surface area contributed by atoms with Crippen LogP contribution in [-0.4, -0.2) is 12.1 Å². The first kappa shape index (κ1) is 12.6. The average molecular weight is 258 g/mol. The quantitative estimate of drug-likeness (QED) is 0.846. The number of hydrogen-bond acceptors (Lipinski definition) is 4. The summed E-state index contributed by atoms with van der Waals surface area (Å²) < 4.78 is 5.33. The first-order valence-corrected chi connectivity index (χ1v) is 6.50. The molecule has 4 heteroatoms. The van der Waals surface area contributed by atoms with Gasteiger partial charge in [-0.15, -0.1) is 11.3 Å². The normalized spacial score (nSPS) is 10.1. The molecule has 2 aromatic rings. The van der Waals surface area contributed by atoms with E-state index in [1.807, 2.05) is 31.2 Å². The molecule has 0 atom stereocenters. The highest BCUT2D eigenvalue weighted by Gasteiger charge is 2.10. The number of hydrogen-bond donors (Lipinski definition) is 0. The van der Waals surface area contributed by atoms with Crippen LogP contribution in [0.1, 0.15) is 21.1 Å². The molecule has 0 saturated heterocycles. The summed E-state index contributed by atoms with van der Waals surface area (Å²) in [5, 5.41) is 9.76. The topological polar surface area (TPSA) is 45.9 Å². The fourth-order valence-corrected chi connectivity index (χ4v) is 2.84. The third-order valence-electron chi connectivity index (χ3n) is 2.71. The molecule has 3 nitrogen and oxygen atoms in total. The van der Waals surface area contributed by atoms with Gasteiger partial charge in [0, 0.05) is 16.9 Å². The van der Waals surface area contributed by atoms with E-state index in [1.54, 1.807) is 18.4 Å². The van der Waals surface area contributed by atoms with Crippen LogP contribution in [0.15, 0.2) is 24.3 Å². The lowest BCUT2D eigenvalue weighted by Crippen LogP contribution is -1.92. The van der Waals surface area contributed by atoms with Gasteiger partial charge in [-0.25, -0.2) is 4.98 Å². The van der Waals surface area contributed by atoms with E-state index in [2.05, 4.69) is 11.1 Å². The summed E-state index contributed by atoms with van der Waals surface area (Å²) >= 11 is 1.61. The third-order valence-corrected chi connectivity index (χ3v) is 3.87. The maximum Gasteiger partial charge on any atom is 0.122 e. The van der Waals surface area contributed by atoms with Crippen molar-refractivity contribution in [3.63, 3.8) is 0 Å². The number of rotatable bonds is 4. The average Bonchev–Trinajstić information content (AvgIpc) is 2.71. The molecule has 0 bridgehead atoms. The fourth-order valence-electron chi connectivity index (χ4n) is 1.81. The number of benzene rings is 1. The van der Waals surface area contributed by atoms with Crippen molar-refractivity contribution in [2.75, 3.05) is 7.11 Å². The van der Waals surface area contributed by atoms with E-state index in [0.29, 0.717) is 6.42 Å². The van der Waals surface area contributed by atoms with Gasteiger partial charge in [0.05, 0.1) is 30.3 Å². The maximum atomic E-state index is 8.73. The Hall–Kier alpha value is -1.86. The number of aryl methyl sites for hydroxylation is 1. The Balaban J connectivity index is 2.24. The zero-order valence-electron chi connectivity index (χ0n) is 10.4. The van der Waals surface area contributed by atoms with Gasteiger partial charge in [-0.3, -0.25) is 0 Å². The number of methoxy groups -OCH3 is 1. The van der Waals surface area contributed by atoms with Crippen LogP contribution in [0.25, 0.3) is 0 Å². The number of para-hydroxylation sites is 1. The Labute approximate surface area is 111 Å². The smallest absolute Gasteiger partial charge is 0.122 e. The summed E-state index contributed by atoms with van der Waals surface area (Å²) in [6, 6.07) is 10.1. The summed E-state index contributed by atoms with van der Waals surface area (Å²) in [5.74, 6) is 0.882. The maximum absolute atomic E-state index is 8.73. The van der Waals surface area contributed by atoms with Gasteiger partial charge in [-0.1, -0.05) is 18.2 Å².